The first-order chi connectivity index (χ1) is 16.5. The van der Waals surface area contributed by atoms with E-state index in [2.05, 4.69) is 15.3 Å². The summed E-state index contributed by atoms with van der Waals surface area (Å²) in [4.78, 5) is 46.8. The fourth-order valence-corrected chi connectivity index (χ4v) is 3.43. The summed E-state index contributed by atoms with van der Waals surface area (Å²) in [6.45, 7) is 6.87. The molecular weight excluding hydrogens is 474 g/mol. The lowest BCUT2D eigenvalue weighted by Gasteiger charge is -2.23. The van der Waals surface area contributed by atoms with Crippen molar-refractivity contribution in [2.24, 2.45) is 5.41 Å². The predicted molar refractivity (Wildman–Crippen MR) is 132 cm³/mol. The number of hydrogen-bond acceptors (Lipinski definition) is 8. The molecule has 1 N–H and O–H groups in total. The number of carbonyl (C=O) groups excluding carboxylic acids is 1. The second-order valence-corrected chi connectivity index (χ2v) is 9.29. The quantitative estimate of drug-likeness (QED) is 0.444. The van der Waals surface area contributed by atoms with Crippen molar-refractivity contribution >= 4 is 29.2 Å². The summed E-state index contributed by atoms with van der Waals surface area (Å²) in [5, 5.41) is 3.55. The molecule has 0 saturated carbocycles. The van der Waals surface area contributed by atoms with Crippen LogP contribution in [0.1, 0.15) is 33.3 Å². The standard InChI is InChI=1S/C24H28ClN5O5/c1-15(2)35-19-11-10-18(12-26-19)27-21-28-22(32)30(14-24(3,4)20(31)34-5)23(33)29(21)13-16-6-8-17(25)9-7-16/h6-12,15H,13-14H2,1-5H3,(H,27,28,32). The van der Waals surface area contributed by atoms with Gasteiger partial charge in [0.1, 0.15) is 0 Å². The van der Waals surface area contributed by atoms with Crippen LogP contribution < -0.4 is 21.4 Å². The zero-order valence-electron chi connectivity index (χ0n) is 20.2. The fourth-order valence-electron chi connectivity index (χ4n) is 3.31. The molecular formula is C24H28ClN5O5. The SMILES string of the molecule is COC(=O)C(C)(C)Cn1c(=O)nc(Nc2ccc(OC(C)C)nc2)n(Cc2ccc(Cl)cc2)c1=O. The third kappa shape index (κ3) is 6.48. The Labute approximate surface area is 207 Å². The fraction of sp³-hybridized carbons (Fsp3) is 0.375. The lowest BCUT2D eigenvalue weighted by molar-refractivity contribution is -0.151. The van der Waals surface area contributed by atoms with Gasteiger partial charge < -0.3 is 14.8 Å². The molecule has 0 spiro atoms. The minimum atomic E-state index is -1.12. The average molecular weight is 502 g/mol. The second-order valence-electron chi connectivity index (χ2n) is 8.85. The number of methoxy groups -OCH3 is 1. The van der Waals surface area contributed by atoms with Gasteiger partial charge in [-0.2, -0.15) is 4.98 Å². The molecule has 0 amide bonds. The van der Waals surface area contributed by atoms with E-state index in [1.165, 1.54) is 17.9 Å². The molecule has 3 rings (SSSR count). The molecule has 3 aromatic rings. The Kier molecular flexibility index (Phi) is 7.96. The molecule has 2 heterocycles. The van der Waals surface area contributed by atoms with Gasteiger partial charge in [-0.15, -0.1) is 0 Å². The molecule has 0 aliphatic carbocycles. The molecule has 0 fully saturated rings. The summed E-state index contributed by atoms with van der Waals surface area (Å²) in [6.07, 6.45) is 1.48. The minimum Gasteiger partial charge on any atom is -0.475 e. The van der Waals surface area contributed by atoms with Crippen molar-refractivity contribution in [2.45, 2.75) is 46.9 Å². The molecule has 0 aliphatic rings. The van der Waals surface area contributed by atoms with E-state index in [1.807, 2.05) is 13.8 Å². The maximum absolute atomic E-state index is 13.5. The number of rotatable bonds is 9. The lowest BCUT2D eigenvalue weighted by atomic mass is 9.94. The zero-order valence-corrected chi connectivity index (χ0v) is 21.0. The number of nitrogens with zero attached hydrogens (tertiary/aromatic N) is 4. The maximum Gasteiger partial charge on any atom is 0.354 e. The van der Waals surface area contributed by atoms with E-state index < -0.39 is 22.8 Å². The number of benzene rings is 1. The first kappa shape index (κ1) is 26.0. The molecule has 186 valence electrons. The molecule has 0 radical (unpaired) electrons. The monoisotopic (exact) mass is 501 g/mol. The van der Waals surface area contributed by atoms with Crippen molar-refractivity contribution in [3.8, 4) is 5.88 Å². The van der Waals surface area contributed by atoms with Crippen LogP contribution in [-0.4, -0.2) is 38.3 Å². The van der Waals surface area contributed by atoms with E-state index in [4.69, 9.17) is 21.1 Å². The average Bonchev–Trinajstić information content (AvgIpc) is 2.80. The van der Waals surface area contributed by atoms with Crippen molar-refractivity contribution in [1.82, 2.24) is 19.1 Å². The van der Waals surface area contributed by atoms with E-state index in [9.17, 15) is 14.4 Å². The van der Waals surface area contributed by atoms with Crippen LogP contribution in [0.3, 0.4) is 0 Å². The molecule has 35 heavy (non-hydrogen) atoms. The first-order valence-electron chi connectivity index (χ1n) is 10.9. The van der Waals surface area contributed by atoms with Gasteiger partial charge in [-0.05, 0) is 51.5 Å². The number of hydrogen-bond donors (Lipinski definition) is 1. The third-order valence-corrected chi connectivity index (χ3v) is 5.30. The third-order valence-electron chi connectivity index (χ3n) is 5.04. The summed E-state index contributed by atoms with van der Waals surface area (Å²) in [7, 11) is 1.25. The molecule has 11 heteroatoms. The summed E-state index contributed by atoms with van der Waals surface area (Å²) < 4.78 is 12.6. The maximum atomic E-state index is 13.5. The van der Waals surface area contributed by atoms with E-state index in [0.29, 0.717) is 16.6 Å². The summed E-state index contributed by atoms with van der Waals surface area (Å²) in [5.41, 5.74) is -1.29. The number of carbonyl (C=O) groups is 1. The van der Waals surface area contributed by atoms with Gasteiger partial charge >= 0.3 is 17.3 Å². The molecule has 0 aliphatic heterocycles. The van der Waals surface area contributed by atoms with Crippen LogP contribution in [0.15, 0.2) is 52.2 Å². The number of esters is 1. The Morgan fingerprint density at radius 1 is 1.11 bits per heavy atom. The first-order valence-corrected chi connectivity index (χ1v) is 11.3. The van der Waals surface area contributed by atoms with Crippen molar-refractivity contribution in [3.05, 3.63) is 74.1 Å². The summed E-state index contributed by atoms with van der Waals surface area (Å²) in [6, 6.07) is 10.3. The van der Waals surface area contributed by atoms with Gasteiger partial charge in [-0.1, -0.05) is 23.7 Å². The molecule has 1 aromatic carbocycles. The van der Waals surface area contributed by atoms with Crippen LogP contribution in [0.25, 0.3) is 0 Å². The summed E-state index contributed by atoms with van der Waals surface area (Å²) >= 11 is 5.99. The van der Waals surface area contributed by atoms with Gasteiger partial charge in [0.05, 0.1) is 37.1 Å². The van der Waals surface area contributed by atoms with Crippen molar-refractivity contribution in [2.75, 3.05) is 12.4 Å². The highest BCUT2D eigenvalue weighted by Crippen LogP contribution is 2.20. The minimum absolute atomic E-state index is 0.0291. The van der Waals surface area contributed by atoms with Crippen molar-refractivity contribution in [3.63, 3.8) is 0 Å². The number of aromatic nitrogens is 4. The Bertz CT molecular complexity index is 1300. The van der Waals surface area contributed by atoms with Crippen LogP contribution >= 0.6 is 11.6 Å². The Morgan fingerprint density at radius 2 is 1.80 bits per heavy atom. The van der Waals surface area contributed by atoms with Gasteiger partial charge in [0.15, 0.2) is 0 Å². The number of pyridine rings is 1. The van der Waals surface area contributed by atoms with Gasteiger partial charge in [0.2, 0.25) is 11.8 Å². The second kappa shape index (κ2) is 10.7. The highest BCUT2D eigenvalue weighted by molar-refractivity contribution is 6.30. The smallest absolute Gasteiger partial charge is 0.354 e. The highest BCUT2D eigenvalue weighted by Gasteiger charge is 2.31. The molecule has 10 nitrogen and oxygen atoms in total. The Balaban J connectivity index is 2.04. The van der Waals surface area contributed by atoms with Crippen molar-refractivity contribution in [1.29, 1.82) is 0 Å². The lowest BCUT2D eigenvalue weighted by Crippen LogP contribution is -2.46. The molecule has 2 aromatic heterocycles. The summed E-state index contributed by atoms with van der Waals surface area (Å²) in [5.74, 6) is -0.0797. The topological polar surface area (TPSA) is 117 Å². The van der Waals surface area contributed by atoms with E-state index >= 15 is 0 Å². The number of halogens is 1. The molecule has 0 bridgehead atoms. The molecule has 0 unspecified atom stereocenters. The van der Waals surface area contributed by atoms with Gasteiger partial charge in [-0.3, -0.25) is 9.36 Å². The Morgan fingerprint density at radius 3 is 2.37 bits per heavy atom. The number of ether oxygens (including phenoxy) is 2. The predicted octanol–water partition coefficient (Wildman–Crippen LogP) is 3.23. The van der Waals surface area contributed by atoms with Crippen LogP contribution in [0.2, 0.25) is 5.02 Å². The van der Waals surface area contributed by atoms with E-state index in [-0.39, 0.29) is 25.1 Å². The van der Waals surface area contributed by atoms with Gasteiger partial charge in [-0.25, -0.2) is 19.1 Å². The molecule has 0 atom stereocenters. The van der Waals surface area contributed by atoms with Crippen LogP contribution in [0.4, 0.5) is 11.6 Å². The number of anilines is 2. The largest absolute Gasteiger partial charge is 0.475 e. The van der Waals surface area contributed by atoms with Crippen LogP contribution in [0.5, 0.6) is 5.88 Å². The van der Waals surface area contributed by atoms with Gasteiger partial charge in [0, 0.05) is 17.6 Å². The normalized spacial score (nSPS) is 11.4. The van der Waals surface area contributed by atoms with E-state index in [0.717, 1.165) is 10.1 Å². The highest BCUT2D eigenvalue weighted by atomic mass is 35.5. The van der Waals surface area contributed by atoms with Crippen molar-refractivity contribution < 1.29 is 14.3 Å². The van der Waals surface area contributed by atoms with Crippen LogP contribution in [-0.2, 0) is 22.6 Å². The zero-order chi connectivity index (χ0) is 25.8. The van der Waals surface area contributed by atoms with Gasteiger partial charge in [0.25, 0.3) is 0 Å². The molecule has 0 saturated heterocycles. The van der Waals surface area contributed by atoms with Crippen LogP contribution in [0, 0.1) is 5.41 Å². The number of nitrogens with one attached hydrogen (secondary N) is 1. The van der Waals surface area contributed by atoms with E-state index in [1.54, 1.807) is 50.2 Å². The Hall–Kier alpha value is -3.66.